The molecular weight excluding hydrogens is 200 g/mol. The van der Waals surface area contributed by atoms with E-state index in [0.717, 1.165) is 18.8 Å². The number of nitrogens with one attached hydrogen (secondary N) is 1. The third kappa shape index (κ3) is 1.93. The molecule has 3 nitrogen and oxygen atoms in total. The zero-order chi connectivity index (χ0) is 11.7. The first-order valence-corrected chi connectivity index (χ1v) is 5.75. The van der Waals surface area contributed by atoms with E-state index in [9.17, 15) is 0 Å². The minimum Gasteiger partial charge on any atom is -0.496 e. The van der Waals surface area contributed by atoms with Gasteiger partial charge in [-0.25, -0.2) is 0 Å². The Morgan fingerprint density at radius 2 is 1.88 bits per heavy atom. The number of hydrogen-bond acceptors (Lipinski definition) is 3. The summed E-state index contributed by atoms with van der Waals surface area (Å²) in [5.41, 5.74) is 9.81. The quantitative estimate of drug-likeness (QED) is 0.812. The standard InChI is InChI=1S/C13H20N2O/c1-8-4-10(5-9(2)13(8)16-3)12(14)11-6-15-7-11/h4-5,11-12,15H,6-7,14H2,1-3H3. The molecule has 0 radical (unpaired) electrons. The Balaban J connectivity index is 2.28. The van der Waals surface area contributed by atoms with Crippen LogP contribution >= 0.6 is 0 Å². The van der Waals surface area contributed by atoms with Crippen LogP contribution in [0.1, 0.15) is 22.7 Å². The number of nitrogens with two attached hydrogens (primary N) is 1. The van der Waals surface area contributed by atoms with Crippen LogP contribution in [0.5, 0.6) is 5.75 Å². The van der Waals surface area contributed by atoms with Crippen molar-refractivity contribution >= 4 is 0 Å². The summed E-state index contributed by atoms with van der Waals surface area (Å²) in [6.07, 6.45) is 0. The second-order valence-electron chi connectivity index (χ2n) is 4.63. The number of ether oxygens (including phenoxy) is 1. The molecule has 0 amide bonds. The molecule has 1 aromatic rings. The highest BCUT2D eigenvalue weighted by molar-refractivity contribution is 5.44. The Morgan fingerprint density at radius 3 is 2.25 bits per heavy atom. The van der Waals surface area contributed by atoms with E-state index in [-0.39, 0.29) is 6.04 Å². The van der Waals surface area contributed by atoms with Crippen molar-refractivity contribution in [1.82, 2.24) is 5.32 Å². The highest BCUT2D eigenvalue weighted by Crippen LogP contribution is 2.30. The van der Waals surface area contributed by atoms with E-state index >= 15 is 0 Å². The number of hydrogen-bond donors (Lipinski definition) is 2. The van der Waals surface area contributed by atoms with Crippen molar-refractivity contribution in [3.8, 4) is 5.75 Å². The lowest BCUT2D eigenvalue weighted by molar-refractivity contribution is 0.294. The highest BCUT2D eigenvalue weighted by atomic mass is 16.5. The summed E-state index contributed by atoms with van der Waals surface area (Å²) < 4.78 is 5.36. The lowest BCUT2D eigenvalue weighted by Gasteiger charge is -2.33. The maximum Gasteiger partial charge on any atom is 0.124 e. The van der Waals surface area contributed by atoms with Crippen molar-refractivity contribution in [1.29, 1.82) is 0 Å². The number of aryl methyl sites for hydroxylation is 2. The van der Waals surface area contributed by atoms with Crippen LogP contribution in [0.15, 0.2) is 12.1 Å². The molecule has 16 heavy (non-hydrogen) atoms. The van der Waals surface area contributed by atoms with Crippen LogP contribution in [-0.2, 0) is 0 Å². The summed E-state index contributed by atoms with van der Waals surface area (Å²) >= 11 is 0. The van der Waals surface area contributed by atoms with E-state index < -0.39 is 0 Å². The topological polar surface area (TPSA) is 47.3 Å². The Hall–Kier alpha value is -1.06. The predicted molar refractivity (Wildman–Crippen MR) is 65.8 cm³/mol. The molecule has 1 saturated heterocycles. The summed E-state index contributed by atoms with van der Waals surface area (Å²) in [4.78, 5) is 0. The van der Waals surface area contributed by atoms with Crippen molar-refractivity contribution in [3.05, 3.63) is 28.8 Å². The summed E-state index contributed by atoms with van der Waals surface area (Å²) in [6, 6.07) is 4.44. The van der Waals surface area contributed by atoms with Crippen molar-refractivity contribution < 1.29 is 4.74 Å². The van der Waals surface area contributed by atoms with Crippen molar-refractivity contribution in [3.63, 3.8) is 0 Å². The van der Waals surface area contributed by atoms with Gasteiger partial charge < -0.3 is 15.8 Å². The smallest absolute Gasteiger partial charge is 0.124 e. The first-order chi connectivity index (χ1) is 7.63. The average Bonchev–Trinajstić information content (AvgIpc) is 2.14. The van der Waals surface area contributed by atoms with Gasteiger partial charge in [-0.2, -0.15) is 0 Å². The minimum absolute atomic E-state index is 0.143. The van der Waals surface area contributed by atoms with Crippen LogP contribution in [0.2, 0.25) is 0 Å². The summed E-state index contributed by atoms with van der Waals surface area (Å²) in [7, 11) is 1.71. The molecule has 1 aliphatic heterocycles. The zero-order valence-electron chi connectivity index (χ0n) is 10.2. The molecule has 0 saturated carbocycles. The maximum atomic E-state index is 6.25. The van der Waals surface area contributed by atoms with Gasteiger partial charge in [0.15, 0.2) is 0 Å². The van der Waals surface area contributed by atoms with Crippen LogP contribution in [-0.4, -0.2) is 20.2 Å². The second-order valence-corrected chi connectivity index (χ2v) is 4.63. The van der Waals surface area contributed by atoms with Gasteiger partial charge in [-0.1, -0.05) is 12.1 Å². The molecule has 88 valence electrons. The average molecular weight is 220 g/mol. The molecule has 1 heterocycles. The van der Waals surface area contributed by atoms with Crippen molar-refractivity contribution in [2.45, 2.75) is 19.9 Å². The molecule has 0 bridgehead atoms. The Morgan fingerprint density at radius 1 is 1.31 bits per heavy atom. The fourth-order valence-corrected chi connectivity index (χ4v) is 2.34. The SMILES string of the molecule is COc1c(C)cc(C(N)C2CNC2)cc1C. The van der Waals surface area contributed by atoms with Gasteiger partial charge in [-0.15, -0.1) is 0 Å². The van der Waals surface area contributed by atoms with E-state index in [1.54, 1.807) is 7.11 Å². The molecule has 3 heteroatoms. The van der Waals surface area contributed by atoms with Crippen LogP contribution in [0.3, 0.4) is 0 Å². The molecule has 2 rings (SSSR count). The van der Waals surface area contributed by atoms with Gasteiger partial charge in [0.05, 0.1) is 7.11 Å². The Kier molecular flexibility index (Phi) is 3.17. The molecule has 0 aliphatic carbocycles. The largest absolute Gasteiger partial charge is 0.496 e. The molecule has 1 fully saturated rings. The molecule has 3 N–H and O–H groups in total. The summed E-state index contributed by atoms with van der Waals surface area (Å²) in [5.74, 6) is 1.55. The number of methoxy groups -OCH3 is 1. The van der Waals surface area contributed by atoms with E-state index in [2.05, 4.69) is 31.3 Å². The second kappa shape index (κ2) is 4.44. The molecule has 1 unspecified atom stereocenters. The molecule has 0 aromatic heterocycles. The van der Waals surface area contributed by atoms with Crippen molar-refractivity contribution in [2.24, 2.45) is 11.7 Å². The predicted octanol–water partition coefficient (Wildman–Crippen LogP) is 1.53. The van der Waals surface area contributed by atoms with Crippen molar-refractivity contribution in [2.75, 3.05) is 20.2 Å². The van der Waals surface area contributed by atoms with Gasteiger partial charge in [0.25, 0.3) is 0 Å². The van der Waals surface area contributed by atoms with Gasteiger partial charge in [-0.3, -0.25) is 0 Å². The molecule has 1 atom stereocenters. The van der Waals surface area contributed by atoms with Crippen LogP contribution in [0.25, 0.3) is 0 Å². The molecule has 0 spiro atoms. The normalized spacial score (nSPS) is 18.0. The first kappa shape index (κ1) is 11.4. The van der Waals surface area contributed by atoms with Crippen LogP contribution < -0.4 is 15.8 Å². The van der Waals surface area contributed by atoms with E-state index in [1.165, 1.54) is 16.7 Å². The van der Waals surface area contributed by atoms with Crippen LogP contribution in [0.4, 0.5) is 0 Å². The molecule has 1 aromatic carbocycles. The molecular formula is C13H20N2O. The lowest BCUT2D eigenvalue weighted by atomic mass is 9.88. The highest BCUT2D eigenvalue weighted by Gasteiger charge is 2.25. The van der Waals surface area contributed by atoms with Gasteiger partial charge in [-0.05, 0) is 30.5 Å². The Labute approximate surface area is 97.0 Å². The summed E-state index contributed by atoms with van der Waals surface area (Å²) in [6.45, 7) is 6.21. The van der Waals surface area contributed by atoms with Gasteiger partial charge in [0, 0.05) is 25.0 Å². The first-order valence-electron chi connectivity index (χ1n) is 5.75. The fourth-order valence-electron chi connectivity index (χ4n) is 2.34. The number of rotatable bonds is 3. The lowest BCUT2D eigenvalue weighted by Crippen LogP contribution is -2.47. The zero-order valence-corrected chi connectivity index (χ0v) is 10.2. The van der Waals surface area contributed by atoms with Crippen LogP contribution in [0, 0.1) is 19.8 Å². The maximum absolute atomic E-state index is 6.25. The minimum atomic E-state index is 0.143. The van der Waals surface area contributed by atoms with E-state index in [0.29, 0.717) is 5.92 Å². The number of benzene rings is 1. The monoisotopic (exact) mass is 220 g/mol. The van der Waals surface area contributed by atoms with E-state index in [1.807, 2.05) is 0 Å². The third-order valence-electron chi connectivity index (χ3n) is 3.39. The Bertz CT molecular complexity index is 363. The molecule has 1 aliphatic rings. The van der Waals surface area contributed by atoms with Gasteiger partial charge >= 0.3 is 0 Å². The van der Waals surface area contributed by atoms with Gasteiger partial charge in [0.1, 0.15) is 5.75 Å². The summed E-state index contributed by atoms with van der Waals surface area (Å²) in [5, 5.41) is 3.26. The van der Waals surface area contributed by atoms with E-state index in [4.69, 9.17) is 10.5 Å². The fraction of sp³-hybridized carbons (Fsp3) is 0.538. The third-order valence-corrected chi connectivity index (χ3v) is 3.39. The van der Waals surface area contributed by atoms with Gasteiger partial charge in [0.2, 0.25) is 0 Å².